The molecule has 1 aromatic heterocycles. The Morgan fingerprint density at radius 1 is 1.15 bits per heavy atom. The quantitative estimate of drug-likeness (QED) is 0.634. The molecule has 0 aromatic carbocycles. The van der Waals surface area contributed by atoms with Gasteiger partial charge in [-0.3, -0.25) is 11.3 Å². The van der Waals surface area contributed by atoms with Crippen molar-refractivity contribution in [1.29, 1.82) is 0 Å². The minimum Gasteiger partial charge on any atom is -0.271 e. The first-order valence-corrected chi connectivity index (χ1v) is 9.54. The Kier molecular flexibility index (Phi) is 3.70. The molecule has 1 atom stereocenters. The number of nitrogens with one attached hydrogen (secondary N) is 1. The zero-order valence-corrected chi connectivity index (χ0v) is 14.1. The maximum Gasteiger partial charge on any atom is 0.0701 e. The first-order chi connectivity index (χ1) is 9.72. The zero-order chi connectivity index (χ0) is 13.7. The second-order valence-corrected chi connectivity index (χ2v) is 9.74. The predicted molar refractivity (Wildman–Crippen MR) is 87.4 cm³/mol. The summed E-state index contributed by atoms with van der Waals surface area (Å²) in [6.45, 7) is 0. The van der Waals surface area contributed by atoms with Crippen molar-refractivity contribution >= 4 is 27.3 Å². The molecule has 4 fully saturated rings. The number of halogens is 1. The lowest BCUT2D eigenvalue weighted by molar-refractivity contribution is -0.0516. The Hall–Kier alpha value is 0.1000. The van der Waals surface area contributed by atoms with Crippen LogP contribution in [-0.4, -0.2) is 6.04 Å². The van der Waals surface area contributed by atoms with E-state index in [4.69, 9.17) is 5.84 Å². The van der Waals surface area contributed by atoms with Gasteiger partial charge in [-0.25, -0.2) is 0 Å². The fourth-order valence-electron chi connectivity index (χ4n) is 5.61. The van der Waals surface area contributed by atoms with E-state index < -0.39 is 0 Å². The van der Waals surface area contributed by atoms with E-state index in [2.05, 4.69) is 33.5 Å². The highest BCUT2D eigenvalue weighted by atomic mass is 79.9. The maximum atomic E-state index is 5.95. The molecular weight excluding hydrogens is 332 g/mol. The lowest BCUT2D eigenvalue weighted by atomic mass is 9.50. The summed E-state index contributed by atoms with van der Waals surface area (Å²) in [5.74, 6) is 10.7. The molecule has 110 valence electrons. The van der Waals surface area contributed by atoms with Gasteiger partial charge in [0.15, 0.2) is 0 Å². The standard InChI is InChI=1S/C16H23BrN2S/c17-15-2-1-13(20-15)8-14(19-18)16-11-4-9-3-10(6-11)7-12(16)5-9/h1-2,9-12,14,16,19H,3-8,18H2. The fourth-order valence-corrected chi connectivity index (χ4v) is 7.15. The molecule has 2 nitrogen and oxygen atoms in total. The summed E-state index contributed by atoms with van der Waals surface area (Å²) in [4.78, 5) is 1.45. The second kappa shape index (κ2) is 5.38. The molecule has 3 N–H and O–H groups in total. The normalized spacial score (nSPS) is 40.2. The Morgan fingerprint density at radius 2 is 1.80 bits per heavy atom. The molecule has 4 aliphatic carbocycles. The highest BCUT2D eigenvalue weighted by Crippen LogP contribution is 2.57. The van der Waals surface area contributed by atoms with Crippen LogP contribution in [0, 0.1) is 29.6 Å². The molecule has 4 heteroatoms. The Labute approximate surface area is 133 Å². The van der Waals surface area contributed by atoms with E-state index in [-0.39, 0.29) is 0 Å². The molecule has 1 unspecified atom stereocenters. The molecule has 4 saturated carbocycles. The van der Waals surface area contributed by atoms with Crippen molar-refractivity contribution in [2.75, 3.05) is 0 Å². The molecule has 4 aliphatic rings. The van der Waals surface area contributed by atoms with Crippen molar-refractivity contribution in [1.82, 2.24) is 5.43 Å². The largest absolute Gasteiger partial charge is 0.271 e. The number of hydrogen-bond acceptors (Lipinski definition) is 3. The number of hydrazine groups is 1. The van der Waals surface area contributed by atoms with Gasteiger partial charge in [-0.05, 0) is 96.2 Å². The highest BCUT2D eigenvalue weighted by Gasteiger charge is 2.50. The van der Waals surface area contributed by atoms with Gasteiger partial charge in [0.2, 0.25) is 0 Å². The van der Waals surface area contributed by atoms with Gasteiger partial charge in [0.25, 0.3) is 0 Å². The van der Waals surface area contributed by atoms with Crippen molar-refractivity contribution in [3.8, 4) is 0 Å². The van der Waals surface area contributed by atoms with E-state index in [9.17, 15) is 0 Å². The molecule has 1 heterocycles. The second-order valence-electron chi connectivity index (χ2n) is 7.19. The van der Waals surface area contributed by atoms with Gasteiger partial charge in [-0.15, -0.1) is 11.3 Å². The average Bonchev–Trinajstić information content (AvgIpc) is 2.81. The number of thiophene rings is 1. The average molecular weight is 355 g/mol. The minimum atomic E-state index is 0.468. The van der Waals surface area contributed by atoms with Gasteiger partial charge in [0.1, 0.15) is 0 Å². The van der Waals surface area contributed by atoms with E-state index in [0.29, 0.717) is 6.04 Å². The van der Waals surface area contributed by atoms with Gasteiger partial charge in [0, 0.05) is 10.9 Å². The smallest absolute Gasteiger partial charge is 0.0701 e. The van der Waals surface area contributed by atoms with Crippen LogP contribution in [0.15, 0.2) is 15.9 Å². The third-order valence-electron chi connectivity index (χ3n) is 6.03. The van der Waals surface area contributed by atoms with Crippen molar-refractivity contribution in [3.63, 3.8) is 0 Å². The molecule has 0 radical (unpaired) electrons. The lowest BCUT2D eigenvalue weighted by Gasteiger charge is -2.56. The molecular formula is C16H23BrN2S. The van der Waals surface area contributed by atoms with Crippen LogP contribution < -0.4 is 11.3 Å². The van der Waals surface area contributed by atoms with Gasteiger partial charge in [-0.1, -0.05) is 0 Å². The molecule has 0 aliphatic heterocycles. The summed E-state index contributed by atoms with van der Waals surface area (Å²) in [5, 5.41) is 0. The predicted octanol–water partition coefficient (Wildman–Crippen LogP) is 3.96. The van der Waals surface area contributed by atoms with Crippen LogP contribution in [-0.2, 0) is 6.42 Å². The van der Waals surface area contributed by atoms with E-state index in [1.165, 1.54) is 40.8 Å². The lowest BCUT2D eigenvalue weighted by Crippen LogP contribution is -2.55. The van der Waals surface area contributed by atoms with Crippen molar-refractivity contribution < 1.29 is 0 Å². The molecule has 0 amide bonds. The molecule has 4 bridgehead atoms. The molecule has 5 rings (SSSR count). The van der Waals surface area contributed by atoms with Gasteiger partial charge in [0.05, 0.1) is 3.79 Å². The van der Waals surface area contributed by atoms with E-state index in [1.54, 1.807) is 0 Å². The summed E-state index contributed by atoms with van der Waals surface area (Å²) >= 11 is 5.42. The van der Waals surface area contributed by atoms with Crippen molar-refractivity contribution in [2.45, 2.75) is 44.6 Å². The Bertz CT molecular complexity index is 459. The zero-order valence-electron chi connectivity index (χ0n) is 11.7. The van der Waals surface area contributed by atoms with E-state index >= 15 is 0 Å². The monoisotopic (exact) mass is 354 g/mol. The fraction of sp³-hybridized carbons (Fsp3) is 0.750. The van der Waals surface area contributed by atoms with E-state index in [0.717, 1.165) is 36.0 Å². The summed E-state index contributed by atoms with van der Waals surface area (Å²) < 4.78 is 1.23. The molecule has 0 spiro atoms. The SMILES string of the molecule is NNC(Cc1ccc(Br)s1)C1C2CC3CC(C2)CC1C3. The van der Waals surface area contributed by atoms with Gasteiger partial charge >= 0.3 is 0 Å². The van der Waals surface area contributed by atoms with Crippen LogP contribution in [0.2, 0.25) is 0 Å². The van der Waals surface area contributed by atoms with Gasteiger partial charge in [-0.2, -0.15) is 0 Å². The first-order valence-electron chi connectivity index (χ1n) is 7.93. The van der Waals surface area contributed by atoms with Crippen LogP contribution in [0.5, 0.6) is 0 Å². The first kappa shape index (κ1) is 13.7. The van der Waals surface area contributed by atoms with Crippen LogP contribution in [0.4, 0.5) is 0 Å². The van der Waals surface area contributed by atoms with Gasteiger partial charge < -0.3 is 0 Å². The van der Waals surface area contributed by atoms with Crippen LogP contribution in [0.25, 0.3) is 0 Å². The van der Waals surface area contributed by atoms with Crippen molar-refractivity contribution in [2.24, 2.45) is 35.4 Å². The molecule has 20 heavy (non-hydrogen) atoms. The highest BCUT2D eigenvalue weighted by molar-refractivity contribution is 9.11. The summed E-state index contributed by atoms with van der Waals surface area (Å²) in [7, 11) is 0. The molecule has 0 saturated heterocycles. The molecule has 1 aromatic rings. The van der Waals surface area contributed by atoms with E-state index in [1.807, 2.05) is 11.3 Å². The Balaban J connectivity index is 1.52. The number of hydrogen-bond donors (Lipinski definition) is 2. The van der Waals surface area contributed by atoms with Crippen LogP contribution in [0.3, 0.4) is 0 Å². The maximum absolute atomic E-state index is 5.95. The number of rotatable bonds is 4. The Morgan fingerprint density at radius 3 is 2.30 bits per heavy atom. The summed E-state index contributed by atoms with van der Waals surface area (Å²) in [6.07, 6.45) is 8.53. The third kappa shape index (κ3) is 2.39. The van der Waals surface area contributed by atoms with Crippen molar-refractivity contribution in [3.05, 3.63) is 20.8 Å². The van der Waals surface area contributed by atoms with Crippen LogP contribution >= 0.6 is 27.3 Å². The number of nitrogens with two attached hydrogens (primary N) is 1. The third-order valence-corrected chi connectivity index (χ3v) is 7.67. The summed E-state index contributed by atoms with van der Waals surface area (Å²) in [5.41, 5.74) is 3.18. The summed E-state index contributed by atoms with van der Waals surface area (Å²) in [6, 6.07) is 4.87. The minimum absolute atomic E-state index is 0.468. The van der Waals surface area contributed by atoms with Crippen LogP contribution in [0.1, 0.15) is 37.0 Å². The topological polar surface area (TPSA) is 38.0 Å².